The van der Waals surface area contributed by atoms with Crippen molar-refractivity contribution in [1.82, 2.24) is 14.1 Å². The number of hydrogen-bond acceptors (Lipinski definition) is 4. The summed E-state index contributed by atoms with van der Waals surface area (Å²) >= 11 is 0. The number of benzene rings is 1. The number of rotatable bonds is 5. The summed E-state index contributed by atoms with van der Waals surface area (Å²) < 4.78 is 27.5. The van der Waals surface area contributed by atoms with Gasteiger partial charge in [0.2, 0.25) is 10.0 Å². The highest BCUT2D eigenvalue weighted by molar-refractivity contribution is 7.89. The van der Waals surface area contributed by atoms with E-state index in [9.17, 15) is 18.0 Å². The Hall–Kier alpha value is -2.19. The third kappa shape index (κ3) is 3.84. The minimum Gasteiger partial charge on any atom is -0.330 e. The molecule has 2 aliphatic rings. The van der Waals surface area contributed by atoms with Crippen LogP contribution in [0.15, 0.2) is 35.7 Å². The van der Waals surface area contributed by atoms with Gasteiger partial charge in [0.25, 0.3) is 0 Å². The maximum atomic E-state index is 13.0. The molecule has 2 fully saturated rings. The van der Waals surface area contributed by atoms with Crippen LogP contribution in [0.2, 0.25) is 0 Å². The summed E-state index contributed by atoms with van der Waals surface area (Å²) in [4.78, 5) is 28.1. The van der Waals surface area contributed by atoms with Gasteiger partial charge in [0.1, 0.15) is 0 Å². The number of sulfonamides is 1. The normalized spacial score (nSPS) is 19.9. The quantitative estimate of drug-likeness (QED) is 0.547. The van der Waals surface area contributed by atoms with E-state index in [1.165, 1.54) is 9.21 Å². The van der Waals surface area contributed by atoms with Gasteiger partial charge in [-0.3, -0.25) is 9.59 Å². The summed E-state index contributed by atoms with van der Waals surface area (Å²) in [6.07, 6.45) is 2.67. The molecule has 0 radical (unpaired) electrons. The Labute approximate surface area is 166 Å². The van der Waals surface area contributed by atoms with Gasteiger partial charge >= 0.3 is 11.8 Å². The van der Waals surface area contributed by atoms with Crippen LogP contribution in [-0.2, 0) is 19.6 Å². The van der Waals surface area contributed by atoms with Crippen molar-refractivity contribution in [3.63, 3.8) is 0 Å². The molecule has 1 aromatic rings. The van der Waals surface area contributed by atoms with E-state index in [0.29, 0.717) is 50.5 Å². The molecular formula is C20H27N3O4S. The molecule has 152 valence electrons. The number of amides is 2. The number of piperazine rings is 1. The third-order valence-electron chi connectivity index (χ3n) is 5.50. The monoisotopic (exact) mass is 405 g/mol. The molecule has 0 N–H and O–H groups in total. The maximum absolute atomic E-state index is 13.0. The molecule has 2 amide bonds. The second-order valence-corrected chi connectivity index (χ2v) is 9.35. The third-order valence-corrected chi connectivity index (χ3v) is 7.56. The second kappa shape index (κ2) is 8.05. The average Bonchev–Trinajstić information content (AvgIpc) is 2.65. The van der Waals surface area contributed by atoms with E-state index in [-0.39, 0.29) is 6.04 Å². The van der Waals surface area contributed by atoms with Crippen LogP contribution < -0.4 is 0 Å². The van der Waals surface area contributed by atoms with Crippen LogP contribution in [0.25, 0.3) is 0 Å². The van der Waals surface area contributed by atoms with Gasteiger partial charge in [0.05, 0.1) is 4.90 Å². The molecule has 0 spiro atoms. The average molecular weight is 406 g/mol. The molecule has 7 nitrogen and oxygen atoms in total. The first-order valence-electron chi connectivity index (χ1n) is 9.54. The number of piperidine rings is 1. The SMILES string of the molecule is C=CCN1CCN(C2CCN(S(=O)(=O)c3ccc(C)cc3C)CC2)C(=O)C1=O. The molecule has 2 aliphatic heterocycles. The second-order valence-electron chi connectivity index (χ2n) is 7.44. The van der Waals surface area contributed by atoms with Crippen LogP contribution >= 0.6 is 0 Å². The van der Waals surface area contributed by atoms with Gasteiger partial charge in [-0.15, -0.1) is 6.58 Å². The lowest BCUT2D eigenvalue weighted by Gasteiger charge is -2.41. The fraction of sp³-hybridized carbons (Fsp3) is 0.500. The molecule has 8 heteroatoms. The summed E-state index contributed by atoms with van der Waals surface area (Å²) in [5.41, 5.74) is 1.76. The minimum atomic E-state index is -3.56. The maximum Gasteiger partial charge on any atom is 0.312 e. The van der Waals surface area contributed by atoms with E-state index >= 15 is 0 Å². The first kappa shape index (κ1) is 20.5. The van der Waals surface area contributed by atoms with Gasteiger partial charge in [-0.25, -0.2) is 8.42 Å². The predicted octanol–water partition coefficient (Wildman–Crippen LogP) is 1.31. The highest BCUT2D eigenvalue weighted by Gasteiger charge is 2.39. The van der Waals surface area contributed by atoms with Gasteiger partial charge in [-0.1, -0.05) is 23.8 Å². The molecule has 2 heterocycles. The molecule has 1 aromatic carbocycles. The van der Waals surface area contributed by atoms with Crippen LogP contribution in [0.3, 0.4) is 0 Å². The summed E-state index contributed by atoms with van der Waals surface area (Å²) in [6, 6.07) is 5.23. The molecule has 2 saturated heterocycles. The molecule has 28 heavy (non-hydrogen) atoms. The van der Waals surface area contributed by atoms with Gasteiger partial charge < -0.3 is 9.80 Å². The van der Waals surface area contributed by atoms with Gasteiger partial charge in [-0.05, 0) is 38.3 Å². The smallest absolute Gasteiger partial charge is 0.312 e. The fourth-order valence-corrected chi connectivity index (χ4v) is 5.67. The molecular weight excluding hydrogens is 378 g/mol. The summed E-state index contributed by atoms with van der Waals surface area (Å²) in [5.74, 6) is -1.000. The lowest BCUT2D eigenvalue weighted by molar-refractivity contribution is -0.157. The molecule has 3 rings (SSSR count). The Morgan fingerprint density at radius 2 is 1.75 bits per heavy atom. The molecule has 0 unspecified atom stereocenters. The summed E-state index contributed by atoms with van der Waals surface area (Å²) in [5, 5.41) is 0. The van der Waals surface area contributed by atoms with Crippen LogP contribution in [-0.4, -0.2) is 73.1 Å². The Morgan fingerprint density at radius 3 is 2.36 bits per heavy atom. The topological polar surface area (TPSA) is 78.0 Å². The van der Waals surface area contributed by atoms with Crippen molar-refractivity contribution in [2.75, 3.05) is 32.7 Å². The first-order valence-corrected chi connectivity index (χ1v) is 11.0. The Morgan fingerprint density at radius 1 is 1.07 bits per heavy atom. The highest BCUT2D eigenvalue weighted by Crippen LogP contribution is 2.26. The lowest BCUT2D eigenvalue weighted by atomic mass is 10.0. The summed E-state index contributed by atoms with van der Waals surface area (Å²) in [6.45, 7) is 9.36. The zero-order valence-corrected chi connectivity index (χ0v) is 17.2. The molecule has 0 atom stereocenters. The van der Waals surface area contributed by atoms with Crippen molar-refractivity contribution < 1.29 is 18.0 Å². The van der Waals surface area contributed by atoms with Crippen molar-refractivity contribution in [3.05, 3.63) is 42.0 Å². The minimum absolute atomic E-state index is 0.104. The molecule has 0 bridgehead atoms. The van der Waals surface area contributed by atoms with Crippen molar-refractivity contribution in [2.24, 2.45) is 0 Å². The Balaban J connectivity index is 1.67. The van der Waals surface area contributed by atoms with Crippen molar-refractivity contribution in [2.45, 2.75) is 37.6 Å². The van der Waals surface area contributed by atoms with Gasteiger partial charge in [0.15, 0.2) is 0 Å². The molecule has 0 saturated carbocycles. The van der Waals surface area contributed by atoms with Crippen molar-refractivity contribution in [1.29, 1.82) is 0 Å². The number of aryl methyl sites for hydroxylation is 2. The number of hydrogen-bond donors (Lipinski definition) is 0. The fourth-order valence-electron chi connectivity index (χ4n) is 3.99. The first-order chi connectivity index (χ1) is 13.3. The zero-order valence-electron chi connectivity index (χ0n) is 16.4. The van der Waals surface area contributed by atoms with Crippen molar-refractivity contribution >= 4 is 21.8 Å². The van der Waals surface area contributed by atoms with Gasteiger partial charge in [0, 0.05) is 38.8 Å². The zero-order chi connectivity index (χ0) is 20.5. The number of carbonyl (C=O) groups excluding carboxylic acids is 2. The van der Waals surface area contributed by atoms with E-state index in [0.717, 1.165) is 11.1 Å². The molecule has 0 aliphatic carbocycles. The van der Waals surface area contributed by atoms with E-state index in [1.807, 2.05) is 13.0 Å². The van der Waals surface area contributed by atoms with Crippen LogP contribution in [0, 0.1) is 13.8 Å². The van der Waals surface area contributed by atoms with E-state index in [2.05, 4.69) is 6.58 Å². The van der Waals surface area contributed by atoms with E-state index < -0.39 is 21.8 Å². The van der Waals surface area contributed by atoms with Gasteiger partial charge in [-0.2, -0.15) is 4.31 Å². The number of carbonyl (C=O) groups is 2. The van der Waals surface area contributed by atoms with E-state index in [1.54, 1.807) is 30.0 Å². The predicted molar refractivity (Wildman–Crippen MR) is 106 cm³/mol. The number of nitrogens with zero attached hydrogens (tertiary/aromatic N) is 3. The highest BCUT2D eigenvalue weighted by atomic mass is 32.2. The van der Waals surface area contributed by atoms with Crippen molar-refractivity contribution in [3.8, 4) is 0 Å². The largest absolute Gasteiger partial charge is 0.330 e. The van der Waals surface area contributed by atoms with Crippen LogP contribution in [0.5, 0.6) is 0 Å². The Bertz CT molecular complexity index is 889. The standard InChI is InChI=1S/C20H27N3O4S/c1-4-9-21-12-13-23(20(25)19(21)24)17-7-10-22(11-8-17)28(26,27)18-6-5-15(2)14-16(18)3/h4-6,14,17H,1,7-13H2,2-3H3. The Kier molecular flexibility index (Phi) is 5.90. The van der Waals surface area contributed by atoms with E-state index in [4.69, 9.17) is 0 Å². The summed E-state index contributed by atoms with van der Waals surface area (Å²) in [7, 11) is -3.56. The lowest BCUT2D eigenvalue weighted by Crippen LogP contribution is -2.59. The van der Waals surface area contributed by atoms with Crippen LogP contribution in [0.4, 0.5) is 0 Å². The molecule has 0 aromatic heterocycles. The van der Waals surface area contributed by atoms with Crippen LogP contribution in [0.1, 0.15) is 24.0 Å².